The summed E-state index contributed by atoms with van der Waals surface area (Å²) in [6.45, 7) is 5.64. The quantitative estimate of drug-likeness (QED) is 0.787. The number of fused-ring (bicyclic) bond motifs is 1. The van der Waals surface area contributed by atoms with Gasteiger partial charge in [0, 0.05) is 46.1 Å². The highest BCUT2D eigenvalue weighted by Gasteiger charge is 2.20. The van der Waals surface area contributed by atoms with Gasteiger partial charge in [-0.2, -0.15) is 0 Å². The number of anilines is 1. The third-order valence-electron chi connectivity index (χ3n) is 3.85. The third-order valence-corrected chi connectivity index (χ3v) is 3.85. The van der Waals surface area contributed by atoms with Gasteiger partial charge in [-0.05, 0) is 24.0 Å². The number of hydrogen-bond acceptors (Lipinski definition) is 4. The molecule has 0 radical (unpaired) electrons. The molecule has 1 N–H and O–H groups in total. The van der Waals surface area contributed by atoms with Crippen molar-refractivity contribution >= 4 is 5.69 Å². The summed E-state index contributed by atoms with van der Waals surface area (Å²) < 4.78 is 10.4. The Labute approximate surface area is 122 Å². The minimum Gasteiger partial charge on any atom is -0.384 e. The van der Waals surface area contributed by atoms with Gasteiger partial charge in [0.15, 0.2) is 0 Å². The van der Waals surface area contributed by atoms with Gasteiger partial charge >= 0.3 is 0 Å². The molecule has 4 nitrogen and oxygen atoms in total. The Morgan fingerprint density at radius 1 is 1.15 bits per heavy atom. The first kappa shape index (κ1) is 15.3. The number of methoxy groups -OCH3 is 2. The summed E-state index contributed by atoms with van der Waals surface area (Å²) in [6.07, 6.45) is 1.15. The average Bonchev–Trinajstić information content (AvgIpc) is 2.50. The molecule has 0 amide bonds. The van der Waals surface area contributed by atoms with Crippen molar-refractivity contribution in [3.05, 3.63) is 29.8 Å². The van der Waals surface area contributed by atoms with Crippen LogP contribution in [0.1, 0.15) is 5.56 Å². The van der Waals surface area contributed by atoms with Crippen molar-refractivity contribution in [2.24, 2.45) is 5.92 Å². The lowest BCUT2D eigenvalue weighted by Gasteiger charge is -2.31. The van der Waals surface area contributed by atoms with E-state index in [1.807, 2.05) is 0 Å². The van der Waals surface area contributed by atoms with Crippen LogP contribution in [-0.4, -0.2) is 58.5 Å². The summed E-state index contributed by atoms with van der Waals surface area (Å²) in [5.41, 5.74) is 2.73. The van der Waals surface area contributed by atoms with E-state index in [-0.39, 0.29) is 0 Å². The molecule has 0 bridgehead atoms. The number of nitrogens with zero attached hydrogens (tertiary/aromatic N) is 1. The molecule has 0 fully saturated rings. The van der Waals surface area contributed by atoms with E-state index in [2.05, 4.69) is 34.5 Å². The molecule has 4 heteroatoms. The van der Waals surface area contributed by atoms with E-state index in [1.54, 1.807) is 14.2 Å². The van der Waals surface area contributed by atoms with Crippen molar-refractivity contribution < 1.29 is 9.47 Å². The van der Waals surface area contributed by atoms with Gasteiger partial charge in [-0.15, -0.1) is 0 Å². The predicted molar refractivity (Wildman–Crippen MR) is 82.3 cm³/mol. The highest BCUT2D eigenvalue weighted by atomic mass is 16.5. The summed E-state index contributed by atoms with van der Waals surface area (Å²) in [6, 6.07) is 8.61. The van der Waals surface area contributed by atoms with Crippen LogP contribution in [0, 0.1) is 5.92 Å². The fourth-order valence-electron chi connectivity index (χ4n) is 2.74. The number of para-hydroxylation sites is 1. The van der Waals surface area contributed by atoms with E-state index in [0.29, 0.717) is 5.92 Å². The van der Waals surface area contributed by atoms with E-state index in [4.69, 9.17) is 9.47 Å². The van der Waals surface area contributed by atoms with E-state index in [9.17, 15) is 0 Å². The van der Waals surface area contributed by atoms with Crippen molar-refractivity contribution in [3.8, 4) is 0 Å². The zero-order chi connectivity index (χ0) is 14.2. The molecule has 1 heterocycles. The van der Waals surface area contributed by atoms with Crippen LogP contribution < -0.4 is 5.32 Å². The Kier molecular flexibility index (Phi) is 6.30. The Balaban J connectivity index is 1.87. The summed E-state index contributed by atoms with van der Waals surface area (Å²) in [5.74, 6) is 0.651. The molecule has 20 heavy (non-hydrogen) atoms. The molecular formula is C16H26N2O2. The molecule has 112 valence electrons. The standard InChI is InChI=1S/C16H26N2O2/c1-19-9-7-18(8-10-20-2)13-14-11-15-5-3-4-6-16(15)17-12-14/h3-6,14,17H,7-13H2,1-2H3. The number of benzene rings is 1. The molecular weight excluding hydrogens is 252 g/mol. The lowest BCUT2D eigenvalue weighted by Crippen LogP contribution is -2.39. The molecule has 1 unspecified atom stereocenters. The van der Waals surface area contributed by atoms with Crippen LogP contribution in [0.2, 0.25) is 0 Å². The molecule has 0 aromatic heterocycles. The average molecular weight is 278 g/mol. The van der Waals surface area contributed by atoms with Crippen molar-refractivity contribution in [1.29, 1.82) is 0 Å². The Hall–Kier alpha value is -1.10. The van der Waals surface area contributed by atoms with E-state index < -0.39 is 0 Å². The van der Waals surface area contributed by atoms with Crippen molar-refractivity contribution in [2.75, 3.05) is 58.9 Å². The maximum Gasteiger partial charge on any atom is 0.0589 e. The van der Waals surface area contributed by atoms with Crippen LogP contribution in [0.3, 0.4) is 0 Å². The van der Waals surface area contributed by atoms with Crippen molar-refractivity contribution in [2.45, 2.75) is 6.42 Å². The zero-order valence-corrected chi connectivity index (χ0v) is 12.6. The molecule has 1 aliphatic heterocycles. The highest BCUT2D eigenvalue weighted by Crippen LogP contribution is 2.24. The molecule has 0 saturated carbocycles. The van der Waals surface area contributed by atoms with Gasteiger partial charge in [-0.3, -0.25) is 4.90 Å². The van der Waals surface area contributed by atoms with Gasteiger partial charge < -0.3 is 14.8 Å². The minimum atomic E-state index is 0.651. The van der Waals surface area contributed by atoms with Crippen molar-refractivity contribution in [1.82, 2.24) is 4.90 Å². The van der Waals surface area contributed by atoms with Crippen LogP contribution in [-0.2, 0) is 15.9 Å². The molecule has 0 saturated heterocycles. The smallest absolute Gasteiger partial charge is 0.0589 e. The van der Waals surface area contributed by atoms with Gasteiger partial charge in [-0.25, -0.2) is 0 Å². The largest absolute Gasteiger partial charge is 0.384 e. The van der Waals surface area contributed by atoms with E-state index >= 15 is 0 Å². The topological polar surface area (TPSA) is 33.7 Å². The van der Waals surface area contributed by atoms with Crippen LogP contribution in [0.5, 0.6) is 0 Å². The van der Waals surface area contributed by atoms with Crippen LogP contribution in [0.4, 0.5) is 5.69 Å². The number of hydrogen-bond donors (Lipinski definition) is 1. The lowest BCUT2D eigenvalue weighted by atomic mass is 9.93. The first-order valence-corrected chi connectivity index (χ1v) is 7.35. The second kappa shape index (κ2) is 8.25. The maximum atomic E-state index is 5.20. The third kappa shape index (κ3) is 4.47. The Bertz CT molecular complexity index is 390. The second-order valence-electron chi connectivity index (χ2n) is 5.39. The molecule has 0 spiro atoms. The van der Waals surface area contributed by atoms with Gasteiger partial charge in [0.2, 0.25) is 0 Å². The molecule has 1 aromatic carbocycles. The fraction of sp³-hybridized carbons (Fsp3) is 0.625. The number of nitrogens with one attached hydrogen (secondary N) is 1. The summed E-state index contributed by atoms with van der Waals surface area (Å²) in [7, 11) is 3.51. The normalized spacial score (nSPS) is 17.9. The Morgan fingerprint density at radius 3 is 2.55 bits per heavy atom. The molecule has 1 atom stereocenters. The molecule has 2 rings (SSSR count). The van der Waals surface area contributed by atoms with Crippen molar-refractivity contribution in [3.63, 3.8) is 0 Å². The fourth-order valence-corrected chi connectivity index (χ4v) is 2.74. The summed E-state index contributed by atoms with van der Waals surface area (Å²) in [4.78, 5) is 2.44. The number of rotatable bonds is 8. The first-order chi connectivity index (χ1) is 9.83. The van der Waals surface area contributed by atoms with Gasteiger partial charge in [0.1, 0.15) is 0 Å². The SMILES string of the molecule is COCCN(CCOC)CC1CNc2ccccc2C1. The van der Waals surface area contributed by atoms with Crippen LogP contribution >= 0.6 is 0 Å². The van der Waals surface area contributed by atoms with E-state index in [0.717, 1.165) is 45.8 Å². The number of ether oxygens (including phenoxy) is 2. The highest BCUT2D eigenvalue weighted by molar-refractivity contribution is 5.53. The molecule has 1 aliphatic rings. The predicted octanol–water partition coefficient (Wildman–Crippen LogP) is 1.87. The van der Waals surface area contributed by atoms with Gasteiger partial charge in [0.25, 0.3) is 0 Å². The molecule has 0 aliphatic carbocycles. The first-order valence-electron chi connectivity index (χ1n) is 7.35. The van der Waals surface area contributed by atoms with E-state index in [1.165, 1.54) is 11.3 Å². The Morgan fingerprint density at radius 2 is 1.85 bits per heavy atom. The van der Waals surface area contributed by atoms with Gasteiger partial charge in [0.05, 0.1) is 13.2 Å². The maximum absolute atomic E-state index is 5.20. The molecule has 1 aromatic rings. The zero-order valence-electron chi connectivity index (χ0n) is 12.6. The summed E-state index contributed by atoms with van der Waals surface area (Å²) >= 11 is 0. The summed E-state index contributed by atoms with van der Waals surface area (Å²) in [5, 5.41) is 3.54. The monoisotopic (exact) mass is 278 g/mol. The second-order valence-corrected chi connectivity index (χ2v) is 5.39. The van der Waals surface area contributed by atoms with Crippen LogP contribution in [0.25, 0.3) is 0 Å². The lowest BCUT2D eigenvalue weighted by molar-refractivity contribution is 0.104. The van der Waals surface area contributed by atoms with Crippen LogP contribution in [0.15, 0.2) is 24.3 Å². The van der Waals surface area contributed by atoms with Gasteiger partial charge in [-0.1, -0.05) is 18.2 Å². The minimum absolute atomic E-state index is 0.651.